The van der Waals surface area contributed by atoms with Gasteiger partial charge < -0.3 is 9.53 Å². The van der Waals surface area contributed by atoms with Gasteiger partial charge in [-0.25, -0.2) is 0 Å². The van der Waals surface area contributed by atoms with Crippen LogP contribution < -0.4 is 0 Å². The standard InChI is InChI=1S/C10H16O2S/c11-8-10(4-2-6-13-10)7-9-3-1-5-12-9/h8-9H,1-7H2/t9-,10?/m1/s1. The number of carbonyl (C=O) groups excluding carboxylic acids is 1. The minimum absolute atomic E-state index is 0.0883. The molecule has 0 radical (unpaired) electrons. The largest absolute Gasteiger partial charge is 0.378 e. The van der Waals surface area contributed by atoms with Crippen molar-refractivity contribution in [1.29, 1.82) is 0 Å². The van der Waals surface area contributed by atoms with Gasteiger partial charge in [-0.15, -0.1) is 11.8 Å². The second-order valence-corrected chi connectivity index (χ2v) is 5.48. The number of rotatable bonds is 3. The summed E-state index contributed by atoms with van der Waals surface area (Å²) in [5.74, 6) is 1.14. The van der Waals surface area contributed by atoms with E-state index in [2.05, 4.69) is 0 Å². The first-order chi connectivity index (χ1) is 6.35. The summed E-state index contributed by atoms with van der Waals surface area (Å²) in [5.41, 5.74) is 0. The number of thioether (sulfide) groups is 1. The molecule has 0 amide bonds. The van der Waals surface area contributed by atoms with Gasteiger partial charge in [0, 0.05) is 6.61 Å². The molecule has 1 unspecified atom stereocenters. The van der Waals surface area contributed by atoms with Crippen molar-refractivity contribution in [3.05, 3.63) is 0 Å². The van der Waals surface area contributed by atoms with E-state index in [0.717, 1.165) is 37.9 Å². The highest BCUT2D eigenvalue weighted by Gasteiger charge is 2.37. The Morgan fingerprint density at radius 3 is 3.00 bits per heavy atom. The molecule has 2 aliphatic rings. The zero-order valence-electron chi connectivity index (χ0n) is 7.83. The monoisotopic (exact) mass is 200 g/mol. The minimum Gasteiger partial charge on any atom is -0.378 e. The minimum atomic E-state index is -0.0883. The number of hydrogen-bond acceptors (Lipinski definition) is 3. The zero-order chi connectivity index (χ0) is 9.15. The average Bonchev–Trinajstić information content (AvgIpc) is 2.77. The van der Waals surface area contributed by atoms with E-state index >= 15 is 0 Å². The van der Waals surface area contributed by atoms with Crippen LogP contribution in [0.4, 0.5) is 0 Å². The van der Waals surface area contributed by atoms with Crippen molar-refractivity contribution in [1.82, 2.24) is 0 Å². The molecule has 2 atom stereocenters. The molecule has 0 aliphatic carbocycles. The third-order valence-electron chi connectivity index (χ3n) is 2.95. The lowest BCUT2D eigenvalue weighted by molar-refractivity contribution is -0.110. The van der Waals surface area contributed by atoms with Crippen molar-refractivity contribution in [3.8, 4) is 0 Å². The molecule has 2 saturated heterocycles. The van der Waals surface area contributed by atoms with Crippen LogP contribution in [-0.4, -0.2) is 29.5 Å². The van der Waals surface area contributed by atoms with Crippen LogP contribution in [0, 0.1) is 0 Å². The SMILES string of the molecule is O=CC1(C[C@H]2CCCO2)CCCS1. The van der Waals surface area contributed by atoms with Gasteiger partial charge in [0.2, 0.25) is 0 Å². The first-order valence-electron chi connectivity index (χ1n) is 5.07. The fraction of sp³-hybridized carbons (Fsp3) is 0.900. The van der Waals surface area contributed by atoms with Gasteiger partial charge in [0.1, 0.15) is 6.29 Å². The number of aldehydes is 1. The van der Waals surface area contributed by atoms with Crippen LogP contribution in [0.1, 0.15) is 32.1 Å². The smallest absolute Gasteiger partial charge is 0.136 e. The molecule has 0 aromatic carbocycles. The molecule has 74 valence electrons. The molecule has 2 fully saturated rings. The fourth-order valence-electron chi connectivity index (χ4n) is 2.21. The van der Waals surface area contributed by atoms with E-state index in [1.165, 1.54) is 12.8 Å². The van der Waals surface area contributed by atoms with Crippen molar-refractivity contribution in [3.63, 3.8) is 0 Å². The van der Waals surface area contributed by atoms with Gasteiger partial charge in [0.05, 0.1) is 10.9 Å². The molecular formula is C10H16O2S. The summed E-state index contributed by atoms with van der Waals surface area (Å²) in [5, 5.41) is 0. The topological polar surface area (TPSA) is 26.3 Å². The van der Waals surface area contributed by atoms with E-state index in [1.807, 2.05) is 11.8 Å². The Morgan fingerprint density at radius 1 is 1.54 bits per heavy atom. The third kappa shape index (κ3) is 2.08. The van der Waals surface area contributed by atoms with Crippen LogP contribution in [0.2, 0.25) is 0 Å². The Balaban J connectivity index is 1.92. The molecule has 2 nitrogen and oxygen atoms in total. The number of ether oxygens (including phenoxy) is 1. The maximum atomic E-state index is 11.0. The van der Waals surface area contributed by atoms with Crippen molar-refractivity contribution in [2.24, 2.45) is 0 Å². The summed E-state index contributed by atoms with van der Waals surface area (Å²) in [4.78, 5) is 11.0. The van der Waals surface area contributed by atoms with E-state index in [4.69, 9.17) is 4.74 Å². The summed E-state index contributed by atoms with van der Waals surface area (Å²) in [6.07, 6.45) is 7.03. The zero-order valence-corrected chi connectivity index (χ0v) is 8.65. The normalized spacial score (nSPS) is 39.5. The lowest BCUT2D eigenvalue weighted by atomic mass is 9.96. The molecule has 13 heavy (non-hydrogen) atoms. The van der Waals surface area contributed by atoms with Gasteiger partial charge in [-0.1, -0.05) is 0 Å². The van der Waals surface area contributed by atoms with Crippen LogP contribution in [0.5, 0.6) is 0 Å². The second-order valence-electron chi connectivity index (χ2n) is 3.97. The quantitative estimate of drug-likeness (QED) is 0.652. The third-order valence-corrected chi connectivity index (χ3v) is 4.48. The van der Waals surface area contributed by atoms with E-state index in [-0.39, 0.29) is 4.75 Å². The molecule has 3 heteroatoms. The molecule has 2 rings (SSSR count). The van der Waals surface area contributed by atoms with Gasteiger partial charge in [-0.2, -0.15) is 0 Å². The van der Waals surface area contributed by atoms with Crippen LogP contribution >= 0.6 is 11.8 Å². The van der Waals surface area contributed by atoms with Crippen LogP contribution in [0.15, 0.2) is 0 Å². The molecule has 0 spiro atoms. The number of hydrogen-bond donors (Lipinski definition) is 0. The second kappa shape index (κ2) is 4.01. The lowest BCUT2D eigenvalue weighted by Crippen LogP contribution is -2.28. The Kier molecular flexibility index (Phi) is 2.94. The predicted octanol–water partition coefficient (Wildman–Crippen LogP) is 2.02. The highest BCUT2D eigenvalue weighted by Crippen LogP contribution is 2.41. The van der Waals surface area contributed by atoms with Crippen LogP contribution in [0.25, 0.3) is 0 Å². The molecule has 2 heterocycles. The maximum Gasteiger partial charge on any atom is 0.136 e. The van der Waals surface area contributed by atoms with Crippen molar-refractivity contribution < 1.29 is 9.53 Å². The molecule has 2 aliphatic heterocycles. The van der Waals surface area contributed by atoms with E-state index < -0.39 is 0 Å². The summed E-state index contributed by atoms with van der Waals surface area (Å²) in [6.45, 7) is 0.893. The van der Waals surface area contributed by atoms with Gasteiger partial charge in [0.25, 0.3) is 0 Å². The summed E-state index contributed by atoms with van der Waals surface area (Å²) in [6, 6.07) is 0. The Hall–Kier alpha value is -0.0200. The molecule has 0 aromatic rings. The first-order valence-corrected chi connectivity index (χ1v) is 6.05. The molecule has 0 N–H and O–H groups in total. The predicted molar refractivity (Wildman–Crippen MR) is 54.1 cm³/mol. The number of carbonyl (C=O) groups is 1. The summed E-state index contributed by atoms with van der Waals surface area (Å²) >= 11 is 1.83. The van der Waals surface area contributed by atoms with E-state index in [1.54, 1.807) is 0 Å². The van der Waals surface area contributed by atoms with E-state index in [0.29, 0.717) is 6.10 Å². The van der Waals surface area contributed by atoms with Crippen LogP contribution in [0.3, 0.4) is 0 Å². The molecule has 0 aromatic heterocycles. The summed E-state index contributed by atoms with van der Waals surface area (Å²) < 4.78 is 5.48. The average molecular weight is 200 g/mol. The maximum absolute atomic E-state index is 11.0. The van der Waals surface area contributed by atoms with Crippen molar-refractivity contribution in [2.75, 3.05) is 12.4 Å². The van der Waals surface area contributed by atoms with Gasteiger partial charge in [-0.05, 0) is 37.9 Å². The fourth-order valence-corrected chi connectivity index (χ4v) is 3.57. The Labute approximate surface area is 83.4 Å². The molecule has 0 saturated carbocycles. The van der Waals surface area contributed by atoms with Gasteiger partial charge >= 0.3 is 0 Å². The highest BCUT2D eigenvalue weighted by atomic mass is 32.2. The van der Waals surface area contributed by atoms with Gasteiger partial charge in [-0.3, -0.25) is 0 Å². The summed E-state index contributed by atoms with van der Waals surface area (Å²) in [7, 11) is 0. The van der Waals surface area contributed by atoms with E-state index in [9.17, 15) is 4.79 Å². The first kappa shape index (κ1) is 9.53. The van der Waals surface area contributed by atoms with Gasteiger partial charge in [0.15, 0.2) is 0 Å². The molecule has 0 bridgehead atoms. The highest BCUT2D eigenvalue weighted by molar-refractivity contribution is 8.01. The van der Waals surface area contributed by atoms with Crippen molar-refractivity contribution in [2.45, 2.75) is 43.0 Å². The van der Waals surface area contributed by atoms with Crippen LogP contribution in [-0.2, 0) is 9.53 Å². The van der Waals surface area contributed by atoms with Crippen molar-refractivity contribution >= 4 is 18.0 Å². The Bertz CT molecular complexity index is 181. The Morgan fingerprint density at radius 2 is 2.46 bits per heavy atom. The molecular weight excluding hydrogens is 184 g/mol. The lowest BCUT2D eigenvalue weighted by Gasteiger charge is -2.23.